The third-order valence-corrected chi connectivity index (χ3v) is 3.83. The van der Waals surface area contributed by atoms with E-state index in [2.05, 4.69) is 5.32 Å². The normalized spacial score (nSPS) is 12.1. The van der Waals surface area contributed by atoms with Crippen LogP contribution in [0.4, 0.5) is 0 Å². The van der Waals surface area contributed by atoms with Crippen LogP contribution in [0.3, 0.4) is 0 Å². The lowest BCUT2D eigenvalue weighted by atomic mass is 10.0. The molecule has 0 saturated carbocycles. The molecule has 0 aliphatic rings. The Balaban J connectivity index is 2.07. The molecule has 144 valence electrons. The zero-order chi connectivity index (χ0) is 19.9. The van der Waals surface area contributed by atoms with E-state index in [0.717, 1.165) is 16.9 Å². The highest BCUT2D eigenvalue weighted by molar-refractivity contribution is 5.86. The summed E-state index contributed by atoms with van der Waals surface area (Å²) in [6.07, 6.45) is 0.558. The average Bonchev–Trinajstić information content (AvgIpc) is 2.61. The molecule has 0 radical (unpaired) electrons. The number of ether oxygens (including phenoxy) is 2. The zero-order valence-electron chi connectivity index (χ0n) is 16.3. The molecule has 0 saturated heterocycles. The van der Waals surface area contributed by atoms with E-state index in [9.17, 15) is 9.59 Å². The molecular formula is C22H27NO4. The van der Waals surface area contributed by atoms with Crippen LogP contribution >= 0.6 is 0 Å². The molecule has 1 N–H and O–H groups in total. The van der Waals surface area contributed by atoms with Crippen molar-refractivity contribution in [2.45, 2.75) is 45.3 Å². The maximum Gasteiger partial charge on any atom is 0.329 e. The van der Waals surface area contributed by atoms with E-state index in [-0.39, 0.29) is 12.3 Å². The fourth-order valence-electron chi connectivity index (χ4n) is 2.59. The van der Waals surface area contributed by atoms with Crippen LogP contribution in [-0.2, 0) is 27.2 Å². The molecule has 0 aromatic heterocycles. The molecule has 0 fully saturated rings. The average molecular weight is 369 g/mol. The first kappa shape index (κ1) is 20.5. The van der Waals surface area contributed by atoms with E-state index in [0.29, 0.717) is 6.42 Å². The SMILES string of the molecule is COc1ccc(CC(=O)N[C@@H](Cc2ccccc2)C(=O)OC(C)(C)C)cc1. The van der Waals surface area contributed by atoms with Gasteiger partial charge in [0.25, 0.3) is 0 Å². The standard InChI is InChI=1S/C22H27NO4/c1-22(2,3)27-21(25)19(14-16-8-6-5-7-9-16)23-20(24)15-17-10-12-18(26-4)13-11-17/h5-13,19H,14-15H2,1-4H3,(H,23,24)/t19-/m0/s1. The number of amides is 1. The van der Waals surface area contributed by atoms with Gasteiger partial charge in [-0.15, -0.1) is 0 Å². The van der Waals surface area contributed by atoms with E-state index in [1.165, 1.54) is 0 Å². The summed E-state index contributed by atoms with van der Waals surface area (Å²) in [5, 5.41) is 2.82. The summed E-state index contributed by atoms with van der Waals surface area (Å²) in [6, 6.07) is 16.1. The molecular weight excluding hydrogens is 342 g/mol. The van der Waals surface area contributed by atoms with Crippen LogP contribution in [0.1, 0.15) is 31.9 Å². The third-order valence-electron chi connectivity index (χ3n) is 3.83. The summed E-state index contributed by atoms with van der Waals surface area (Å²) < 4.78 is 10.6. The molecule has 27 heavy (non-hydrogen) atoms. The topological polar surface area (TPSA) is 64.6 Å². The number of esters is 1. The molecule has 2 aromatic carbocycles. The fourth-order valence-corrected chi connectivity index (χ4v) is 2.59. The molecule has 5 nitrogen and oxygen atoms in total. The number of hydrogen-bond acceptors (Lipinski definition) is 4. The highest BCUT2D eigenvalue weighted by Gasteiger charge is 2.27. The lowest BCUT2D eigenvalue weighted by Crippen LogP contribution is -2.46. The van der Waals surface area contributed by atoms with E-state index in [1.54, 1.807) is 19.2 Å². The van der Waals surface area contributed by atoms with Gasteiger partial charge < -0.3 is 14.8 Å². The molecule has 0 unspecified atom stereocenters. The lowest BCUT2D eigenvalue weighted by Gasteiger charge is -2.24. The monoisotopic (exact) mass is 369 g/mol. The van der Waals surface area contributed by atoms with Crippen LogP contribution in [0.25, 0.3) is 0 Å². The van der Waals surface area contributed by atoms with Crippen molar-refractivity contribution in [1.29, 1.82) is 0 Å². The van der Waals surface area contributed by atoms with Crippen LogP contribution in [0, 0.1) is 0 Å². The van der Waals surface area contributed by atoms with Crippen LogP contribution in [0.15, 0.2) is 54.6 Å². The predicted octanol–water partition coefficient (Wildman–Crippen LogP) is 3.31. The molecule has 2 rings (SSSR count). The molecule has 2 aromatic rings. The van der Waals surface area contributed by atoms with Gasteiger partial charge in [0, 0.05) is 6.42 Å². The maximum absolute atomic E-state index is 12.6. The minimum absolute atomic E-state index is 0.179. The highest BCUT2D eigenvalue weighted by Crippen LogP contribution is 2.13. The van der Waals surface area contributed by atoms with Crippen molar-refractivity contribution in [3.63, 3.8) is 0 Å². The quantitative estimate of drug-likeness (QED) is 0.761. The first-order valence-electron chi connectivity index (χ1n) is 8.96. The van der Waals surface area contributed by atoms with Gasteiger partial charge in [-0.2, -0.15) is 0 Å². The highest BCUT2D eigenvalue weighted by atomic mass is 16.6. The Bertz CT molecular complexity index is 748. The molecule has 5 heteroatoms. The fraction of sp³-hybridized carbons (Fsp3) is 0.364. The van der Waals surface area contributed by atoms with Crippen LogP contribution in [0.2, 0.25) is 0 Å². The van der Waals surface area contributed by atoms with Crippen LogP contribution in [0.5, 0.6) is 5.75 Å². The second kappa shape index (κ2) is 9.21. The molecule has 0 aliphatic carbocycles. The summed E-state index contributed by atoms with van der Waals surface area (Å²) in [4.78, 5) is 25.1. The Labute approximate surface area is 160 Å². The maximum atomic E-state index is 12.6. The minimum atomic E-state index is -0.739. The van der Waals surface area contributed by atoms with E-state index < -0.39 is 17.6 Å². The van der Waals surface area contributed by atoms with Crippen molar-refractivity contribution in [2.24, 2.45) is 0 Å². The first-order chi connectivity index (χ1) is 12.8. The number of hydrogen-bond donors (Lipinski definition) is 1. The van der Waals surface area contributed by atoms with Gasteiger partial charge >= 0.3 is 5.97 Å². The predicted molar refractivity (Wildman–Crippen MR) is 105 cm³/mol. The van der Waals surface area contributed by atoms with Gasteiger partial charge in [0.15, 0.2) is 0 Å². The summed E-state index contributed by atoms with van der Waals surface area (Å²) in [6.45, 7) is 5.43. The van der Waals surface area contributed by atoms with Crippen molar-refractivity contribution in [3.8, 4) is 5.75 Å². The Kier molecular flexibility index (Phi) is 6.99. The molecule has 0 spiro atoms. The zero-order valence-corrected chi connectivity index (χ0v) is 16.3. The van der Waals surface area contributed by atoms with Gasteiger partial charge in [-0.05, 0) is 44.0 Å². The van der Waals surface area contributed by atoms with Gasteiger partial charge in [-0.3, -0.25) is 4.79 Å². The Morgan fingerprint density at radius 3 is 2.15 bits per heavy atom. The van der Waals surface area contributed by atoms with Crippen molar-refractivity contribution >= 4 is 11.9 Å². The van der Waals surface area contributed by atoms with Gasteiger partial charge in [0.1, 0.15) is 17.4 Å². The van der Waals surface area contributed by atoms with Gasteiger partial charge in [0.2, 0.25) is 5.91 Å². The molecule has 1 atom stereocenters. The summed E-state index contributed by atoms with van der Waals surface area (Å²) >= 11 is 0. The van der Waals surface area contributed by atoms with Gasteiger partial charge in [-0.1, -0.05) is 42.5 Å². The largest absolute Gasteiger partial charge is 0.497 e. The second-order valence-corrected chi connectivity index (χ2v) is 7.37. The van der Waals surface area contributed by atoms with Crippen molar-refractivity contribution in [2.75, 3.05) is 7.11 Å². The molecule has 0 heterocycles. The van der Waals surface area contributed by atoms with Crippen LogP contribution in [-0.4, -0.2) is 30.6 Å². The van der Waals surface area contributed by atoms with Crippen molar-refractivity contribution in [1.82, 2.24) is 5.32 Å². The minimum Gasteiger partial charge on any atom is -0.497 e. The number of methoxy groups -OCH3 is 1. The van der Waals surface area contributed by atoms with Crippen LogP contribution < -0.4 is 10.1 Å². The number of carbonyl (C=O) groups excluding carboxylic acids is 2. The second-order valence-electron chi connectivity index (χ2n) is 7.37. The first-order valence-corrected chi connectivity index (χ1v) is 8.96. The Morgan fingerprint density at radius 2 is 1.59 bits per heavy atom. The third kappa shape index (κ3) is 7.13. The summed E-state index contributed by atoms with van der Waals surface area (Å²) in [7, 11) is 1.59. The Morgan fingerprint density at radius 1 is 0.963 bits per heavy atom. The number of rotatable bonds is 7. The van der Waals surface area contributed by atoms with Crippen molar-refractivity contribution in [3.05, 3.63) is 65.7 Å². The Hall–Kier alpha value is -2.82. The van der Waals surface area contributed by atoms with Gasteiger partial charge in [0.05, 0.1) is 13.5 Å². The number of carbonyl (C=O) groups is 2. The van der Waals surface area contributed by atoms with Crippen molar-refractivity contribution < 1.29 is 19.1 Å². The van der Waals surface area contributed by atoms with E-state index in [1.807, 2.05) is 63.2 Å². The number of benzene rings is 2. The van der Waals surface area contributed by atoms with E-state index in [4.69, 9.17) is 9.47 Å². The smallest absolute Gasteiger partial charge is 0.329 e. The summed E-state index contributed by atoms with van der Waals surface area (Å²) in [5.74, 6) is 0.0660. The molecule has 0 aliphatic heterocycles. The van der Waals surface area contributed by atoms with Gasteiger partial charge in [-0.25, -0.2) is 4.79 Å². The molecule has 1 amide bonds. The van der Waals surface area contributed by atoms with E-state index >= 15 is 0 Å². The lowest BCUT2D eigenvalue weighted by molar-refractivity contribution is -0.158. The summed E-state index contributed by atoms with van der Waals surface area (Å²) in [5.41, 5.74) is 1.18. The number of nitrogens with one attached hydrogen (secondary N) is 1. The molecule has 0 bridgehead atoms.